The molecule has 2 atom stereocenters. The monoisotopic (exact) mass is 375 g/mol. The van der Waals surface area contributed by atoms with E-state index in [0.29, 0.717) is 42.2 Å². The van der Waals surface area contributed by atoms with Crippen LogP contribution in [0.1, 0.15) is 32.0 Å². The lowest BCUT2D eigenvalue weighted by Gasteiger charge is -2.27. The van der Waals surface area contributed by atoms with E-state index < -0.39 is 0 Å². The maximum Gasteiger partial charge on any atom is 0.213 e. The van der Waals surface area contributed by atoms with Crippen molar-refractivity contribution in [1.29, 1.82) is 0 Å². The summed E-state index contributed by atoms with van der Waals surface area (Å²) in [7, 11) is 4.82. The van der Waals surface area contributed by atoms with Gasteiger partial charge >= 0.3 is 0 Å². The van der Waals surface area contributed by atoms with Crippen molar-refractivity contribution in [2.24, 2.45) is 15.9 Å². The van der Waals surface area contributed by atoms with Crippen molar-refractivity contribution < 1.29 is 18.9 Å². The van der Waals surface area contributed by atoms with Crippen LogP contribution in [0.25, 0.3) is 5.76 Å². The topological polar surface area (TPSA) is 74.5 Å². The lowest BCUT2D eigenvalue weighted by Crippen LogP contribution is -2.38. The zero-order valence-corrected chi connectivity index (χ0v) is 17.0. The number of ether oxygens (including phenoxy) is 4. The summed E-state index contributed by atoms with van der Waals surface area (Å²) < 4.78 is 21.8. The number of aliphatic imine (C=N–C) groups is 2. The quantitative estimate of drug-likeness (QED) is 0.685. The summed E-state index contributed by atoms with van der Waals surface area (Å²) >= 11 is 0. The van der Waals surface area contributed by atoms with Gasteiger partial charge in [0.2, 0.25) is 17.7 Å². The van der Waals surface area contributed by atoms with Gasteiger partial charge in [0.05, 0.1) is 27.9 Å². The molecule has 1 aromatic heterocycles. The highest BCUT2D eigenvalue weighted by atomic mass is 16.5. The van der Waals surface area contributed by atoms with Crippen molar-refractivity contribution in [3.8, 4) is 5.88 Å². The van der Waals surface area contributed by atoms with Crippen LogP contribution < -0.4 is 4.74 Å². The van der Waals surface area contributed by atoms with Gasteiger partial charge in [0.1, 0.15) is 23.5 Å². The standard InChI is InChI=1S/C20H29N3O4/c1-8-27-13(4)15-9-14(11-17(21-15)24-5)10-16-19(25-6)23-18(12(2)3)20(22-16)26-7/h9,11-12,16,18H,4,8,10H2,1-3,5-7H3/t16-,18+/m0/s1. The molecule has 1 aliphatic heterocycles. The van der Waals surface area contributed by atoms with E-state index in [0.717, 1.165) is 5.56 Å². The number of rotatable bonds is 7. The average Bonchev–Trinajstić information content (AvgIpc) is 2.67. The molecule has 0 aromatic carbocycles. The summed E-state index contributed by atoms with van der Waals surface area (Å²) in [6, 6.07) is 3.37. The van der Waals surface area contributed by atoms with Crippen molar-refractivity contribution in [2.75, 3.05) is 27.9 Å². The Labute approximate surface area is 161 Å². The Kier molecular flexibility index (Phi) is 7.21. The number of aromatic nitrogens is 1. The number of hydrogen-bond acceptors (Lipinski definition) is 7. The molecule has 0 unspecified atom stereocenters. The molecule has 0 bridgehead atoms. The van der Waals surface area contributed by atoms with Crippen LogP contribution in [-0.4, -0.2) is 56.8 Å². The summed E-state index contributed by atoms with van der Waals surface area (Å²) in [5, 5.41) is 0. The summed E-state index contributed by atoms with van der Waals surface area (Å²) in [6.45, 7) is 10.5. The molecule has 1 aromatic rings. The predicted octanol–water partition coefficient (Wildman–Crippen LogP) is 3.14. The first kappa shape index (κ1) is 20.7. The first-order chi connectivity index (χ1) is 12.9. The van der Waals surface area contributed by atoms with E-state index in [1.54, 1.807) is 21.3 Å². The fourth-order valence-electron chi connectivity index (χ4n) is 2.89. The SMILES string of the molecule is C=C(OCC)c1cc(C[C@@H]2N=C(OC)[C@@H](C(C)C)N=C2OC)cc(OC)n1. The van der Waals surface area contributed by atoms with Gasteiger partial charge in [-0.3, -0.25) is 0 Å². The molecule has 0 N–H and O–H groups in total. The molecule has 7 heteroatoms. The molecular formula is C20H29N3O4. The molecule has 7 nitrogen and oxygen atoms in total. The Morgan fingerprint density at radius 3 is 2.33 bits per heavy atom. The average molecular weight is 375 g/mol. The van der Waals surface area contributed by atoms with Crippen molar-refractivity contribution in [1.82, 2.24) is 4.98 Å². The van der Waals surface area contributed by atoms with Crippen LogP contribution in [0.4, 0.5) is 0 Å². The first-order valence-electron chi connectivity index (χ1n) is 9.03. The third-order valence-corrected chi connectivity index (χ3v) is 4.24. The van der Waals surface area contributed by atoms with Crippen LogP contribution in [0.3, 0.4) is 0 Å². The summed E-state index contributed by atoms with van der Waals surface area (Å²) in [5.74, 6) is 2.47. The number of hydrogen-bond donors (Lipinski definition) is 0. The molecule has 2 heterocycles. The minimum Gasteiger partial charge on any atom is -0.492 e. The second kappa shape index (κ2) is 9.39. The summed E-state index contributed by atoms with van der Waals surface area (Å²) in [6.07, 6.45) is 0.565. The minimum atomic E-state index is -0.278. The number of methoxy groups -OCH3 is 3. The van der Waals surface area contributed by atoms with Crippen molar-refractivity contribution in [2.45, 2.75) is 39.3 Å². The molecule has 0 fully saturated rings. The molecule has 0 saturated heterocycles. The summed E-state index contributed by atoms with van der Waals surface area (Å²) in [4.78, 5) is 13.8. The fourth-order valence-corrected chi connectivity index (χ4v) is 2.89. The van der Waals surface area contributed by atoms with E-state index in [2.05, 4.69) is 25.4 Å². The Morgan fingerprint density at radius 2 is 1.78 bits per heavy atom. The maximum atomic E-state index is 5.52. The van der Waals surface area contributed by atoms with Gasteiger partial charge in [0.15, 0.2) is 0 Å². The molecule has 1 aliphatic rings. The highest BCUT2D eigenvalue weighted by Gasteiger charge is 2.31. The third-order valence-electron chi connectivity index (χ3n) is 4.24. The van der Waals surface area contributed by atoms with E-state index in [-0.39, 0.29) is 18.0 Å². The van der Waals surface area contributed by atoms with E-state index in [1.807, 2.05) is 19.1 Å². The van der Waals surface area contributed by atoms with Gasteiger partial charge in [-0.25, -0.2) is 15.0 Å². The van der Waals surface area contributed by atoms with Gasteiger partial charge in [-0.15, -0.1) is 0 Å². The maximum absolute atomic E-state index is 5.52. The molecule has 0 spiro atoms. The zero-order valence-electron chi connectivity index (χ0n) is 17.0. The second-order valence-corrected chi connectivity index (χ2v) is 6.51. The van der Waals surface area contributed by atoms with Gasteiger partial charge in [0.25, 0.3) is 0 Å². The Hall–Kier alpha value is -2.57. The van der Waals surface area contributed by atoms with Gasteiger partial charge < -0.3 is 18.9 Å². The smallest absolute Gasteiger partial charge is 0.213 e. The van der Waals surface area contributed by atoms with Crippen LogP contribution in [-0.2, 0) is 20.6 Å². The van der Waals surface area contributed by atoms with Crippen LogP contribution >= 0.6 is 0 Å². The molecule has 0 aliphatic carbocycles. The second-order valence-electron chi connectivity index (χ2n) is 6.51. The van der Waals surface area contributed by atoms with Crippen molar-refractivity contribution in [3.05, 3.63) is 30.0 Å². The van der Waals surface area contributed by atoms with Crippen LogP contribution in [0.5, 0.6) is 5.88 Å². The van der Waals surface area contributed by atoms with E-state index >= 15 is 0 Å². The number of pyridine rings is 1. The first-order valence-corrected chi connectivity index (χ1v) is 9.03. The van der Waals surface area contributed by atoms with Gasteiger partial charge in [-0.05, 0) is 24.5 Å². The van der Waals surface area contributed by atoms with Crippen LogP contribution in [0.2, 0.25) is 0 Å². The van der Waals surface area contributed by atoms with Gasteiger partial charge in [0, 0.05) is 12.5 Å². The zero-order chi connectivity index (χ0) is 20.0. The third kappa shape index (κ3) is 4.99. The van der Waals surface area contributed by atoms with E-state index in [4.69, 9.17) is 28.9 Å². The van der Waals surface area contributed by atoms with E-state index in [9.17, 15) is 0 Å². The highest BCUT2D eigenvalue weighted by molar-refractivity contribution is 5.94. The Bertz CT molecular complexity index is 728. The molecule has 27 heavy (non-hydrogen) atoms. The Balaban J connectivity index is 2.34. The van der Waals surface area contributed by atoms with Gasteiger partial charge in [-0.1, -0.05) is 20.4 Å². The van der Waals surface area contributed by atoms with E-state index in [1.165, 1.54) is 0 Å². The lowest BCUT2D eigenvalue weighted by atomic mass is 10.0. The molecule has 0 radical (unpaired) electrons. The van der Waals surface area contributed by atoms with Gasteiger partial charge in [-0.2, -0.15) is 0 Å². The highest BCUT2D eigenvalue weighted by Crippen LogP contribution is 2.23. The molecule has 2 rings (SSSR count). The van der Waals surface area contributed by atoms with Crippen molar-refractivity contribution in [3.63, 3.8) is 0 Å². The molecule has 0 saturated carbocycles. The molecule has 0 amide bonds. The summed E-state index contributed by atoms with van der Waals surface area (Å²) in [5.41, 5.74) is 1.60. The minimum absolute atomic E-state index is 0.138. The van der Waals surface area contributed by atoms with Crippen LogP contribution in [0.15, 0.2) is 28.7 Å². The molecular weight excluding hydrogens is 346 g/mol. The normalized spacial score (nSPS) is 19.2. The van der Waals surface area contributed by atoms with Crippen molar-refractivity contribution >= 4 is 17.6 Å². The predicted molar refractivity (Wildman–Crippen MR) is 106 cm³/mol. The fraction of sp³-hybridized carbons (Fsp3) is 0.550. The number of nitrogens with zero attached hydrogens (tertiary/aromatic N) is 3. The lowest BCUT2D eigenvalue weighted by molar-refractivity contribution is 0.296. The Morgan fingerprint density at radius 1 is 1.07 bits per heavy atom. The van der Waals surface area contributed by atoms with Crippen LogP contribution in [0, 0.1) is 5.92 Å². The largest absolute Gasteiger partial charge is 0.492 e. The molecule has 148 valence electrons.